The SMILES string of the molecule is COc1ccc(OCCNC(=O)c2cc(C)on2)cc1. The molecule has 0 radical (unpaired) electrons. The van der Waals surface area contributed by atoms with E-state index in [0.29, 0.717) is 18.9 Å². The molecule has 0 saturated carbocycles. The average molecular weight is 276 g/mol. The molecule has 0 aliphatic rings. The van der Waals surface area contributed by atoms with Gasteiger partial charge in [-0.05, 0) is 31.2 Å². The quantitative estimate of drug-likeness (QED) is 0.814. The normalized spacial score (nSPS) is 10.1. The maximum Gasteiger partial charge on any atom is 0.273 e. The summed E-state index contributed by atoms with van der Waals surface area (Å²) in [4.78, 5) is 11.6. The molecule has 2 rings (SSSR count). The van der Waals surface area contributed by atoms with E-state index in [1.165, 1.54) is 0 Å². The molecule has 6 heteroatoms. The lowest BCUT2D eigenvalue weighted by atomic mass is 10.3. The Balaban J connectivity index is 1.72. The summed E-state index contributed by atoms with van der Waals surface area (Å²) in [6, 6.07) is 8.82. The molecule has 6 nitrogen and oxygen atoms in total. The largest absolute Gasteiger partial charge is 0.497 e. The fourth-order valence-electron chi connectivity index (χ4n) is 1.57. The lowest BCUT2D eigenvalue weighted by Crippen LogP contribution is -2.28. The van der Waals surface area contributed by atoms with E-state index in [0.717, 1.165) is 11.5 Å². The van der Waals surface area contributed by atoms with Gasteiger partial charge in [0, 0.05) is 6.07 Å². The minimum absolute atomic E-state index is 0.270. The summed E-state index contributed by atoms with van der Waals surface area (Å²) in [5, 5.41) is 6.32. The third-order valence-corrected chi connectivity index (χ3v) is 2.58. The molecule has 106 valence electrons. The van der Waals surface area contributed by atoms with Gasteiger partial charge in [-0.15, -0.1) is 0 Å². The van der Waals surface area contributed by atoms with Crippen molar-refractivity contribution >= 4 is 5.91 Å². The number of methoxy groups -OCH3 is 1. The third-order valence-electron chi connectivity index (χ3n) is 2.58. The first-order valence-corrected chi connectivity index (χ1v) is 6.17. The van der Waals surface area contributed by atoms with Gasteiger partial charge in [-0.25, -0.2) is 0 Å². The Bertz CT molecular complexity index is 563. The number of ether oxygens (including phenoxy) is 2. The van der Waals surface area contributed by atoms with Crippen LogP contribution in [-0.2, 0) is 0 Å². The van der Waals surface area contributed by atoms with E-state index in [1.54, 1.807) is 20.1 Å². The number of aromatic nitrogens is 1. The van der Waals surface area contributed by atoms with Crippen molar-refractivity contribution in [3.63, 3.8) is 0 Å². The van der Waals surface area contributed by atoms with E-state index < -0.39 is 0 Å². The van der Waals surface area contributed by atoms with Crippen LogP contribution in [0.25, 0.3) is 0 Å². The van der Waals surface area contributed by atoms with E-state index in [1.807, 2.05) is 24.3 Å². The number of hydrogen-bond acceptors (Lipinski definition) is 5. The van der Waals surface area contributed by atoms with Gasteiger partial charge in [0.2, 0.25) is 0 Å². The van der Waals surface area contributed by atoms with Crippen LogP contribution in [0.4, 0.5) is 0 Å². The van der Waals surface area contributed by atoms with Crippen molar-refractivity contribution in [3.8, 4) is 11.5 Å². The van der Waals surface area contributed by atoms with E-state index in [2.05, 4.69) is 10.5 Å². The van der Waals surface area contributed by atoms with Crippen molar-refractivity contribution in [3.05, 3.63) is 41.8 Å². The summed E-state index contributed by atoms with van der Waals surface area (Å²) in [6.07, 6.45) is 0. The molecule has 0 unspecified atom stereocenters. The summed E-state index contributed by atoms with van der Waals surface area (Å²) >= 11 is 0. The number of nitrogens with zero attached hydrogens (tertiary/aromatic N) is 1. The highest BCUT2D eigenvalue weighted by molar-refractivity contribution is 5.92. The molecule has 1 aromatic heterocycles. The van der Waals surface area contributed by atoms with Crippen molar-refractivity contribution in [2.24, 2.45) is 0 Å². The highest BCUT2D eigenvalue weighted by atomic mass is 16.5. The number of carbonyl (C=O) groups excluding carboxylic acids is 1. The Hall–Kier alpha value is -2.50. The fraction of sp³-hybridized carbons (Fsp3) is 0.286. The topological polar surface area (TPSA) is 73.6 Å². The van der Waals surface area contributed by atoms with Crippen LogP contribution < -0.4 is 14.8 Å². The number of hydrogen-bond donors (Lipinski definition) is 1. The molecule has 0 spiro atoms. The lowest BCUT2D eigenvalue weighted by Gasteiger charge is -2.07. The predicted molar refractivity (Wildman–Crippen MR) is 72.1 cm³/mol. The van der Waals surface area contributed by atoms with Gasteiger partial charge in [-0.3, -0.25) is 4.79 Å². The summed E-state index contributed by atoms with van der Waals surface area (Å²) in [5.41, 5.74) is 0.270. The highest BCUT2D eigenvalue weighted by Crippen LogP contribution is 2.16. The standard InChI is InChI=1S/C14H16N2O4/c1-10-9-13(16-20-10)14(17)15-7-8-19-12-5-3-11(18-2)4-6-12/h3-6,9H,7-8H2,1-2H3,(H,15,17). The Morgan fingerprint density at radius 3 is 2.60 bits per heavy atom. The molecule has 0 bridgehead atoms. The van der Waals surface area contributed by atoms with Crippen molar-refractivity contribution in [1.82, 2.24) is 10.5 Å². The maximum absolute atomic E-state index is 11.6. The van der Waals surface area contributed by atoms with Gasteiger partial charge in [-0.2, -0.15) is 0 Å². The summed E-state index contributed by atoms with van der Waals surface area (Å²) in [6.45, 7) is 2.49. The third kappa shape index (κ3) is 3.74. The van der Waals surface area contributed by atoms with Crippen molar-refractivity contribution in [2.75, 3.05) is 20.3 Å². The van der Waals surface area contributed by atoms with Crippen molar-refractivity contribution in [2.45, 2.75) is 6.92 Å². The van der Waals surface area contributed by atoms with Gasteiger partial charge in [-0.1, -0.05) is 5.16 Å². The molecular formula is C14H16N2O4. The van der Waals surface area contributed by atoms with Gasteiger partial charge in [0.05, 0.1) is 13.7 Å². The second kappa shape index (κ2) is 6.60. The number of carbonyl (C=O) groups is 1. The lowest BCUT2D eigenvalue weighted by molar-refractivity contribution is 0.0938. The molecule has 0 atom stereocenters. The van der Waals surface area contributed by atoms with E-state index in [4.69, 9.17) is 14.0 Å². The fourth-order valence-corrected chi connectivity index (χ4v) is 1.57. The van der Waals surface area contributed by atoms with Crippen LogP contribution in [0.5, 0.6) is 11.5 Å². The van der Waals surface area contributed by atoms with E-state index in [-0.39, 0.29) is 11.6 Å². The second-order valence-electron chi connectivity index (χ2n) is 4.10. The Morgan fingerprint density at radius 1 is 1.30 bits per heavy atom. The number of benzene rings is 1. The monoisotopic (exact) mass is 276 g/mol. The van der Waals surface area contributed by atoms with Crippen LogP contribution in [0.2, 0.25) is 0 Å². The first-order chi connectivity index (χ1) is 9.69. The molecule has 0 fully saturated rings. The molecule has 1 N–H and O–H groups in total. The average Bonchev–Trinajstić information content (AvgIpc) is 2.91. The van der Waals surface area contributed by atoms with Gasteiger partial charge in [0.25, 0.3) is 5.91 Å². The molecule has 0 aliphatic heterocycles. The zero-order chi connectivity index (χ0) is 14.4. The van der Waals surface area contributed by atoms with Gasteiger partial charge < -0.3 is 19.3 Å². The predicted octanol–water partition coefficient (Wildman–Crippen LogP) is 1.80. The number of aryl methyl sites for hydroxylation is 1. The van der Waals surface area contributed by atoms with Crippen LogP contribution in [0.3, 0.4) is 0 Å². The van der Waals surface area contributed by atoms with Crippen LogP contribution in [0, 0.1) is 6.92 Å². The summed E-state index contributed by atoms with van der Waals surface area (Å²) in [5.74, 6) is 1.81. The minimum Gasteiger partial charge on any atom is -0.497 e. The second-order valence-corrected chi connectivity index (χ2v) is 4.10. The van der Waals surface area contributed by atoms with Crippen LogP contribution in [0.15, 0.2) is 34.9 Å². The first kappa shape index (κ1) is 13.9. The molecule has 0 aliphatic carbocycles. The van der Waals surface area contributed by atoms with E-state index >= 15 is 0 Å². The Morgan fingerprint density at radius 2 is 2.00 bits per heavy atom. The molecule has 1 heterocycles. The number of amides is 1. The smallest absolute Gasteiger partial charge is 0.273 e. The summed E-state index contributed by atoms with van der Waals surface area (Å²) in [7, 11) is 1.61. The van der Waals surface area contributed by atoms with Crippen LogP contribution in [-0.4, -0.2) is 31.3 Å². The van der Waals surface area contributed by atoms with Gasteiger partial charge >= 0.3 is 0 Å². The highest BCUT2D eigenvalue weighted by Gasteiger charge is 2.09. The number of rotatable bonds is 6. The first-order valence-electron chi connectivity index (χ1n) is 6.17. The Kier molecular flexibility index (Phi) is 4.60. The number of nitrogens with one attached hydrogen (secondary N) is 1. The molecule has 1 aromatic carbocycles. The molecule has 0 saturated heterocycles. The molecule has 1 amide bonds. The zero-order valence-electron chi connectivity index (χ0n) is 11.4. The molecular weight excluding hydrogens is 260 g/mol. The van der Waals surface area contributed by atoms with Gasteiger partial charge in [0.1, 0.15) is 23.9 Å². The van der Waals surface area contributed by atoms with Crippen LogP contribution in [0.1, 0.15) is 16.2 Å². The van der Waals surface area contributed by atoms with E-state index in [9.17, 15) is 4.79 Å². The van der Waals surface area contributed by atoms with Gasteiger partial charge in [0.15, 0.2) is 5.69 Å². The van der Waals surface area contributed by atoms with Crippen LogP contribution >= 0.6 is 0 Å². The molecule has 2 aromatic rings. The van der Waals surface area contributed by atoms with Crippen molar-refractivity contribution in [1.29, 1.82) is 0 Å². The zero-order valence-corrected chi connectivity index (χ0v) is 11.4. The van der Waals surface area contributed by atoms with Crippen molar-refractivity contribution < 1.29 is 18.8 Å². The minimum atomic E-state index is -0.278. The Labute approximate surface area is 116 Å². The molecule has 20 heavy (non-hydrogen) atoms. The maximum atomic E-state index is 11.6. The summed E-state index contributed by atoms with van der Waals surface area (Å²) < 4.78 is 15.4.